The molecule has 0 aliphatic carbocycles. The molecule has 0 aromatic heterocycles. The highest BCUT2D eigenvalue weighted by atomic mass is 19.1. The van der Waals surface area contributed by atoms with Crippen LogP contribution in [0.15, 0.2) is 24.8 Å². The van der Waals surface area contributed by atoms with Crippen LogP contribution in [-0.2, 0) is 0 Å². The smallest absolute Gasteiger partial charge is 0.194 e. The number of halogens is 1. The molecule has 0 N–H and O–H groups in total. The number of hydrogen-bond donors (Lipinski definition) is 0. The fourth-order valence-electron chi connectivity index (χ4n) is 0.791. The molecule has 1 aromatic carbocycles. The molecule has 2 heteroatoms. The largest absolute Gasteiger partial charge is 0.238 e. The van der Waals surface area contributed by atoms with Crippen LogP contribution < -0.4 is 0 Å². The molecule has 0 aliphatic heterocycles. The lowest BCUT2D eigenvalue weighted by Crippen LogP contribution is -1.75. The van der Waals surface area contributed by atoms with Crippen molar-refractivity contribution in [2.75, 3.05) is 0 Å². The maximum Gasteiger partial charge on any atom is 0.194 e. The quantitative estimate of drug-likeness (QED) is 0.538. The van der Waals surface area contributed by atoms with Gasteiger partial charge in [-0.3, -0.25) is 0 Å². The van der Waals surface area contributed by atoms with Crippen molar-refractivity contribution in [3.8, 4) is 0 Å². The van der Waals surface area contributed by atoms with E-state index in [1.165, 1.54) is 24.3 Å². The Morgan fingerprint density at radius 2 is 2.27 bits per heavy atom. The molecule has 0 heterocycles. The van der Waals surface area contributed by atoms with Gasteiger partial charge in [-0.15, -0.1) is 0 Å². The maximum absolute atomic E-state index is 12.5. The predicted molar refractivity (Wildman–Crippen MR) is 42.8 cm³/mol. The molecule has 0 radical (unpaired) electrons. The minimum atomic E-state index is -0.340. The second-order valence-electron chi connectivity index (χ2n) is 2.02. The first-order valence-corrected chi connectivity index (χ1v) is 3.07. The Kier molecular flexibility index (Phi) is 2.03. The average Bonchev–Trinajstić information content (AvgIpc) is 2.04. The Morgan fingerprint density at radius 1 is 1.55 bits per heavy atom. The Hall–Kier alpha value is -1.62. The first-order valence-electron chi connectivity index (χ1n) is 3.07. The van der Waals surface area contributed by atoms with E-state index in [-0.39, 0.29) is 5.82 Å². The number of nitrogens with zero attached hydrogens (tertiary/aromatic N) is 1. The summed E-state index contributed by atoms with van der Waals surface area (Å²) in [6.07, 6.45) is 1.47. The fourth-order valence-corrected chi connectivity index (χ4v) is 0.791. The Labute approximate surface area is 64.6 Å². The van der Waals surface area contributed by atoms with Crippen LogP contribution in [0.1, 0.15) is 5.56 Å². The zero-order chi connectivity index (χ0) is 8.27. The van der Waals surface area contributed by atoms with Crippen LogP contribution in [0.25, 0.3) is 10.9 Å². The van der Waals surface area contributed by atoms with E-state index in [1.54, 1.807) is 0 Å². The Balaban J connectivity index is 3.30. The molecule has 0 unspecified atom stereocenters. The summed E-state index contributed by atoms with van der Waals surface area (Å²) in [7, 11) is 0. The van der Waals surface area contributed by atoms with E-state index in [4.69, 9.17) is 6.57 Å². The molecule has 0 spiro atoms. The van der Waals surface area contributed by atoms with Gasteiger partial charge in [0.05, 0.1) is 6.57 Å². The van der Waals surface area contributed by atoms with Crippen LogP contribution in [0.2, 0.25) is 0 Å². The second-order valence-corrected chi connectivity index (χ2v) is 2.02. The standard InChI is InChI=1S/C9H6FN/c1-3-7-6-8(10)4-5-9(7)11-2/h3-6H,1H2. The topological polar surface area (TPSA) is 4.36 Å². The van der Waals surface area contributed by atoms with Crippen LogP contribution in [0, 0.1) is 12.4 Å². The molecule has 0 saturated heterocycles. The minimum Gasteiger partial charge on any atom is -0.238 e. The van der Waals surface area contributed by atoms with Crippen LogP contribution in [0.3, 0.4) is 0 Å². The molecule has 1 aromatic rings. The SMILES string of the molecule is [C-]#[N+]c1ccc(F)cc1C=C. The summed E-state index contributed by atoms with van der Waals surface area (Å²) in [6.45, 7) is 10.2. The summed E-state index contributed by atoms with van der Waals surface area (Å²) in [5, 5.41) is 0. The van der Waals surface area contributed by atoms with Crippen LogP contribution >= 0.6 is 0 Å². The molecule has 0 amide bonds. The first-order chi connectivity index (χ1) is 5.27. The maximum atomic E-state index is 12.5. The summed E-state index contributed by atoms with van der Waals surface area (Å²) in [5.41, 5.74) is 0.974. The summed E-state index contributed by atoms with van der Waals surface area (Å²) in [6, 6.07) is 4.00. The van der Waals surface area contributed by atoms with Crippen molar-refractivity contribution in [2.45, 2.75) is 0 Å². The molecule has 0 aliphatic rings. The number of hydrogen-bond acceptors (Lipinski definition) is 0. The normalized spacial score (nSPS) is 8.73. The van der Waals surface area contributed by atoms with Gasteiger partial charge in [-0.05, 0) is 17.7 Å². The van der Waals surface area contributed by atoms with E-state index < -0.39 is 0 Å². The van der Waals surface area contributed by atoms with Gasteiger partial charge in [-0.25, -0.2) is 9.24 Å². The third-order valence-corrected chi connectivity index (χ3v) is 1.33. The monoisotopic (exact) mass is 147 g/mol. The zero-order valence-corrected chi connectivity index (χ0v) is 5.84. The molecule has 0 atom stereocenters. The molecule has 0 bridgehead atoms. The van der Waals surface area contributed by atoms with Gasteiger partial charge in [0.15, 0.2) is 5.69 Å². The third kappa shape index (κ3) is 1.44. The van der Waals surface area contributed by atoms with Crippen molar-refractivity contribution in [3.63, 3.8) is 0 Å². The van der Waals surface area contributed by atoms with Crippen LogP contribution in [-0.4, -0.2) is 0 Å². The molecule has 0 saturated carbocycles. The van der Waals surface area contributed by atoms with Gasteiger partial charge in [0.25, 0.3) is 0 Å². The highest BCUT2D eigenvalue weighted by molar-refractivity contribution is 5.66. The van der Waals surface area contributed by atoms with Crippen molar-refractivity contribution in [2.24, 2.45) is 0 Å². The van der Waals surface area contributed by atoms with E-state index in [2.05, 4.69) is 11.4 Å². The minimum absolute atomic E-state index is 0.340. The van der Waals surface area contributed by atoms with Crippen LogP contribution in [0.5, 0.6) is 0 Å². The van der Waals surface area contributed by atoms with Crippen molar-refractivity contribution < 1.29 is 4.39 Å². The molecular weight excluding hydrogens is 141 g/mol. The average molecular weight is 147 g/mol. The van der Waals surface area contributed by atoms with Gasteiger partial charge < -0.3 is 0 Å². The molecule has 1 rings (SSSR count). The summed E-state index contributed by atoms with van der Waals surface area (Å²) in [4.78, 5) is 3.19. The van der Waals surface area contributed by atoms with Gasteiger partial charge in [-0.2, -0.15) is 0 Å². The summed E-state index contributed by atoms with van der Waals surface area (Å²) < 4.78 is 12.5. The van der Waals surface area contributed by atoms with Gasteiger partial charge in [0.1, 0.15) is 5.82 Å². The number of rotatable bonds is 1. The van der Waals surface area contributed by atoms with Gasteiger partial charge in [0.2, 0.25) is 0 Å². The lowest BCUT2D eigenvalue weighted by atomic mass is 10.2. The van der Waals surface area contributed by atoms with Gasteiger partial charge in [-0.1, -0.05) is 18.7 Å². The van der Waals surface area contributed by atoms with Crippen molar-refractivity contribution in [1.82, 2.24) is 0 Å². The van der Waals surface area contributed by atoms with Crippen molar-refractivity contribution in [3.05, 3.63) is 47.6 Å². The molecule has 54 valence electrons. The number of benzene rings is 1. The van der Waals surface area contributed by atoms with Crippen molar-refractivity contribution >= 4 is 11.8 Å². The van der Waals surface area contributed by atoms with E-state index in [0.29, 0.717) is 11.3 Å². The summed E-state index contributed by atoms with van der Waals surface area (Å²) >= 11 is 0. The van der Waals surface area contributed by atoms with E-state index in [9.17, 15) is 4.39 Å². The zero-order valence-electron chi connectivity index (χ0n) is 5.84. The second kappa shape index (κ2) is 2.98. The lowest BCUT2D eigenvalue weighted by molar-refractivity contribution is 0.628. The van der Waals surface area contributed by atoms with Crippen molar-refractivity contribution in [1.29, 1.82) is 0 Å². The van der Waals surface area contributed by atoms with E-state index in [1.807, 2.05) is 0 Å². The van der Waals surface area contributed by atoms with E-state index >= 15 is 0 Å². The molecule has 11 heavy (non-hydrogen) atoms. The molecule has 0 fully saturated rings. The van der Waals surface area contributed by atoms with Gasteiger partial charge >= 0.3 is 0 Å². The fraction of sp³-hybridized carbons (Fsp3) is 0. The molecular formula is C9H6FN. The molecule has 1 nitrogen and oxygen atoms in total. The lowest BCUT2D eigenvalue weighted by Gasteiger charge is -1.95. The summed E-state index contributed by atoms with van der Waals surface area (Å²) in [5.74, 6) is -0.340. The highest BCUT2D eigenvalue weighted by Crippen LogP contribution is 2.20. The Bertz CT molecular complexity index is 323. The highest BCUT2D eigenvalue weighted by Gasteiger charge is 1.98. The Morgan fingerprint density at radius 3 is 2.82 bits per heavy atom. The first kappa shape index (κ1) is 7.49. The van der Waals surface area contributed by atoms with Crippen LogP contribution in [0.4, 0.5) is 10.1 Å². The third-order valence-electron chi connectivity index (χ3n) is 1.33. The predicted octanol–water partition coefficient (Wildman–Crippen LogP) is 3.02. The van der Waals surface area contributed by atoms with E-state index in [0.717, 1.165) is 0 Å². The van der Waals surface area contributed by atoms with Gasteiger partial charge in [0, 0.05) is 0 Å².